The number of halogens is 1. The van der Waals surface area contributed by atoms with Crippen LogP contribution in [-0.2, 0) is 16.4 Å². The minimum atomic E-state index is -3.49. The molecule has 0 spiro atoms. The Morgan fingerprint density at radius 3 is 2.53 bits per heavy atom. The number of ketones is 1. The molecule has 0 radical (unpaired) electrons. The number of methoxy groups -OCH3 is 1. The van der Waals surface area contributed by atoms with Gasteiger partial charge in [-0.25, -0.2) is 17.8 Å². The van der Waals surface area contributed by atoms with E-state index in [1.54, 1.807) is 48.3 Å². The van der Waals surface area contributed by atoms with Crippen molar-refractivity contribution in [2.45, 2.75) is 23.9 Å². The minimum Gasteiger partial charge on any atom is -0.497 e. The van der Waals surface area contributed by atoms with Crippen molar-refractivity contribution in [1.82, 2.24) is 14.9 Å². The van der Waals surface area contributed by atoms with E-state index in [2.05, 4.69) is 10.3 Å². The number of hydrogen-bond acceptors (Lipinski definition) is 6. The highest BCUT2D eigenvalue weighted by Gasteiger charge is 2.29. The van der Waals surface area contributed by atoms with Crippen LogP contribution in [0.4, 0.5) is 4.39 Å². The second-order valence-electron chi connectivity index (χ2n) is 8.67. The van der Waals surface area contributed by atoms with Gasteiger partial charge in [0.2, 0.25) is 0 Å². The predicted octanol–water partition coefficient (Wildman–Crippen LogP) is 4.51. The molecule has 1 N–H and O–H groups in total. The SMILES string of the molecule is COc1ccc(-n2cnc3c2C(=O)CC(c2ccc(-c4ccccc4S(C)(=O)=O)cc2F)NC3)cc1. The number of nitrogens with one attached hydrogen (secondary N) is 1. The molecular formula is C27H24FN3O4S. The molecule has 184 valence electrons. The summed E-state index contributed by atoms with van der Waals surface area (Å²) in [6, 6.07) is 17.9. The fourth-order valence-corrected chi connectivity index (χ4v) is 5.46. The van der Waals surface area contributed by atoms with Crippen molar-refractivity contribution in [3.05, 3.63) is 95.8 Å². The minimum absolute atomic E-state index is 0.0467. The summed E-state index contributed by atoms with van der Waals surface area (Å²) in [6.07, 6.45) is 2.79. The molecule has 7 nitrogen and oxygen atoms in total. The van der Waals surface area contributed by atoms with Crippen molar-refractivity contribution in [3.8, 4) is 22.6 Å². The molecule has 4 aromatic rings. The first-order chi connectivity index (χ1) is 17.3. The molecule has 0 saturated heterocycles. The quantitative estimate of drug-likeness (QED) is 0.429. The average molecular weight is 506 g/mol. The van der Waals surface area contributed by atoms with E-state index in [1.807, 2.05) is 24.3 Å². The van der Waals surface area contributed by atoms with Crippen molar-refractivity contribution in [1.29, 1.82) is 0 Å². The maximum Gasteiger partial charge on any atom is 0.183 e. The zero-order valence-corrected chi connectivity index (χ0v) is 20.5. The highest BCUT2D eigenvalue weighted by molar-refractivity contribution is 7.90. The monoisotopic (exact) mass is 505 g/mol. The summed E-state index contributed by atoms with van der Waals surface area (Å²) in [7, 11) is -1.90. The van der Waals surface area contributed by atoms with Crippen LogP contribution in [0.25, 0.3) is 16.8 Å². The van der Waals surface area contributed by atoms with Crippen LogP contribution in [0.5, 0.6) is 5.75 Å². The topological polar surface area (TPSA) is 90.3 Å². The van der Waals surface area contributed by atoms with Gasteiger partial charge in [-0.05, 0) is 42.0 Å². The molecule has 1 aliphatic heterocycles. The van der Waals surface area contributed by atoms with E-state index in [4.69, 9.17) is 4.74 Å². The van der Waals surface area contributed by atoms with Gasteiger partial charge in [-0.3, -0.25) is 9.36 Å². The Kier molecular flexibility index (Phi) is 6.19. The molecule has 1 atom stereocenters. The number of ether oxygens (including phenoxy) is 1. The number of carbonyl (C=O) groups is 1. The normalized spacial score (nSPS) is 15.9. The second-order valence-corrected chi connectivity index (χ2v) is 10.7. The van der Waals surface area contributed by atoms with Crippen LogP contribution >= 0.6 is 0 Å². The number of fused-ring (bicyclic) bond motifs is 1. The number of sulfone groups is 1. The van der Waals surface area contributed by atoms with E-state index in [0.29, 0.717) is 40.4 Å². The number of carbonyl (C=O) groups excluding carboxylic acids is 1. The lowest BCUT2D eigenvalue weighted by Gasteiger charge is -2.18. The Morgan fingerprint density at radius 1 is 1.08 bits per heavy atom. The van der Waals surface area contributed by atoms with Crippen LogP contribution in [-0.4, -0.2) is 37.1 Å². The number of aromatic nitrogens is 2. The molecule has 0 bridgehead atoms. The van der Waals surface area contributed by atoms with Gasteiger partial charge < -0.3 is 10.1 Å². The van der Waals surface area contributed by atoms with Gasteiger partial charge in [0.05, 0.1) is 17.7 Å². The maximum absolute atomic E-state index is 15.3. The van der Waals surface area contributed by atoms with Crippen LogP contribution in [0.2, 0.25) is 0 Å². The molecular weight excluding hydrogens is 481 g/mol. The Bertz CT molecular complexity index is 1560. The summed E-state index contributed by atoms with van der Waals surface area (Å²) in [5.74, 6) is 0.0361. The second kappa shape index (κ2) is 9.33. The van der Waals surface area contributed by atoms with E-state index < -0.39 is 21.7 Å². The van der Waals surface area contributed by atoms with Crippen LogP contribution in [0.1, 0.15) is 34.2 Å². The molecule has 0 saturated carbocycles. The first-order valence-electron chi connectivity index (χ1n) is 11.3. The Balaban J connectivity index is 1.44. The Morgan fingerprint density at radius 2 is 1.83 bits per heavy atom. The van der Waals surface area contributed by atoms with Crippen LogP contribution in [0, 0.1) is 5.82 Å². The van der Waals surface area contributed by atoms with Gasteiger partial charge in [-0.2, -0.15) is 0 Å². The van der Waals surface area contributed by atoms with E-state index in [1.165, 1.54) is 12.1 Å². The number of benzene rings is 3. The molecule has 0 fully saturated rings. The number of nitrogens with zero attached hydrogens (tertiary/aromatic N) is 2. The molecule has 1 unspecified atom stereocenters. The predicted molar refractivity (Wildman–Crippen MR) is 134 cm³/mol. The molecule has 5 rings (SSSR count). The summed E-state index contributed by atoms with van der Waals surface area (Å²) in [6.45, 7) is 0.299. The van der Waals surface area contributed by atoms with Crippen molar-refractivity contribution in [2.24, 2.45) is 0 Å². The van der Waals surface area contributed by atoms with Gasteiger partial charge in [0.15, 0.2) is 15.6 Å². The van der Waals surface area contributed by atoms with Crippen LogP contribution < -0.4 is 10.1 Å². The van der Waals surface area contributed by atoms with Crippen molar-refractivity contribution in [2.75, 3.05) is 13.4 Å². The zero-order chi connectivity index (χ0) is 25.4. The summed E-state index contributed by atoms with van der Waals surface area (Å²) in [4.78, 5) is 17.9. The van der Waals surface area contributed by atoms with Gasteiger partial charge in [0, 0.05) is 42.1 Å². The van der Waals surface area contributed by atoms with Gasteiger partial charge in [-0.1, -0.05) is 30.3 Å². The van der Waals surface area contributed by atoms with Crippen LogP contribution in [0.3, 0.4) is 0 Å². The van der Waals surface area contributed by atoms with E-state index in [0.717, 1.165) is 11.9 Å². The molecule has 9 heteroatoms. The van der Waals surface area contributed by atoms with E-state index in [-0.39, 0.29) is 17.1 Å². The standard InChI is InChI=1S/C27H24FN3O4S/c1-35-19-10-8-18(9-11-19)31-16-30-24-15-29-23(14-25(32)27(24)31)21-12-7-17(13-22(21)28)20-5-3-4-6-26(20)36(2,33)34/h3-13,16,23,29H,14-15H2,1-2H3. The fraction of sp³-hybridized carbons (Fsp3) is 0.185. The van der Waals surface area contributed by atoms with Gasteiger partial charge in [-0.15, -0.1) is 0 Å². The highest BCUT2D eigenvalue weighted by atomic mass is 32.2. The van der Waals surface area contributed by atoms with E-state index >= 15 is 4.39 Å². The summed E-state index contributed by atoms with van der Waals surface area (Å²) < 4.78 is 46.7. The molecule has 0 aliphatic carbocycles. The third kappa shape index (κ3) is 4.43. The molecule has 1 aromatic heterocycles. The fourth-order valence-electron chi connectivity index (χ4n) is 4.55. The lowest BCUT2D eigenvalue weighted by molar-refractivity contribution is 0.0966. The summed E-state index contributed by atoms with van der Waals surface area (Å²) in [5.41, 5.74) is 3.06. The zero-order valence-electron chi connectivity index (χ0n) is 19.7. The van der Waals surface area contributed by atoms with Crippen molar-refractivity contribution >= 4 is 15.6 Å². The highest BCUT2D eigenvalue weighted by Crippen LogP contribution is 2.32. The van der Waals surface area contributed by atoms with Crippen molar-refractivity contribution in [3.63, 3.8) is 0 Å². The van der Waals surface area contributed by atoms with Gasteiger partial charge >= 0.3 is 0 Å². The number of rotatable bonds is 5. The van der Waals surface area contributed by atoms with Crippen molar-refractivity contribution < 1.29 is 22.3 Å². The Labute approximate surface area is 208 Å². The summed E-state index contributed by atoms with van der Waals surface area (Å²) >= 11 is 0. The molecule has 0 amide bonds. The number of Topliss-reactive ketones (excluding diaryl/α,β-unsaturated/α-hetero) is 1. The third-order valence-electron chi connectivity index (χ3n) is 6.34. The maximum atomic E-state index is 15.3. The molecule has 1 aliphatic rings. The van der Waals surface area contributed by atoms with Gasteiger partial charge in [0.1, 0.15) is 23.6 Å². The average Bonchev–Trinajstić information content (AvgIpc) is 3.23. The largest absolute Gasteiger partial charge is 0.497 e. The van der Waals surface area contributed by atoms with Gasteiger partial charge in [0.25, 0.3) is 0 Å². The molecule has 2 heterocycles. The van der Waals surface area contributed by atoms with Crippen LogP contribution in [0.15, 0.2) is 78.0 Å². The smallest absolute Gasteiger partial charge is 0.183 e. The lowest BCUT2D eigenvalue weighted by atomic mass is 9.97. The summed E-state index contributed by atoms with van der Waals surface area (Å²) in [5, 5.41) is 3.25. The first-order valence-corrected chi connectivity index (χ1v) is 13.2. The third-order valence-corrected chi connectivity index (χ3v) is 7.49. The Hall–Kier alpha value is -3.82. The molecule has 3 aromatic carbocycles. The number of hydrogen-bond donors (Lipinski definition) is 1. The molecule has 36 heavy (non-hydrogen) atoms. The van der Waals surface area contributed by atoms with E-state index in [9.17, 15) is 13.2 Å². The lowest BCUT2D eigenvalue weighted by Crippen LogP contribution is -2.21. The number of imidazole rings is 1. The first kappa shape index (κ1) is 23.9.